The Morgan fingerprint density at radius 3 is 2.62 bits per heavy atom. The second-order valence-electron chi connectivity index (χ2n) is 5.11. The molecule has 112 valence electrons. The Bertz CT molecular complexity index is 645. The van der Waals surface area contributed by atoms with Gasteiger partial charge >= 0.3 is 0 Å². The zero-order chi connectivity index (χ0) is 15.5. The number of nitrogens with zero attached hydrogens (tertiary/aromatic N) is 2. The van der Waals surface area contributed by atoms with Crippen LogP contribution in [-0.4, -0.2) is 22.0 Å². The fourth-order valence-corrected chi connectivity index (χ4v) is 2.47. The summed E-state index contributed by atoms with van der Waals surface area (Å²) in [5.41, 5.74) is 6.94. The molecule has 0 bridgehead atoms. The molecule has 0 saturated carbocycles. The van der Waals surface area contributed by atoms with Gasteiger partial charge in [-0.2, -0.15) is 0 Å². The Kier molecular flexibility index (Phi) is 4.37. The van der Waals surface area contributed by atoms with E-state index in [1.165, 1.54) is 6.07 Å². The standard InChI is InChI=1S/C15H20N4O2/c1-3-15(4-2,10-16)18-12-8-9-17-14-11(12)6-5-7-13(14)19(20)21/h5-9H,3-4,10,16H2,1-2H3,(H,17,18). The summed E-state index contributed by atoms with van der Waals surface area (Å²) in [7, 11) is 0. The topological polar surface area (TPSA) is 94.1 Å². The van der Waals surface area contributed by atoms with Crippen molar-refractivity contribution in [1.82, 2.24) is 4.98 Å². The van der Waals surface area contributed by atoms with Crippen molar-refractivity contribution in [3.63, 3.8) is 0 Å². The molecule has 2 rings (SSSR count). The Hall–Kier alpha value is -2.21. The Morgan fingerprint density at radius 1 is 1.33 bits per heavy atom. The first-order valence-electron chi connectivity index (χ1n) is 7.07. The highest BCUT2D eigenvalue weighted by Crippen LogP contribution is 2.31. The Labute approximate surface area is 123 Å². The van der Waals surface area contributed by atoms with E-state index in [0.29, 0.717) is 12.1 Å². The first-order chi connectivity index (χ1) is 10.1. The molecule has 2 aromatic rings. The van der Waals surface area contributed by atoms with E-state index >= 15 is 0 Å². The predicted molar refractivity (Wildman–Crippen MR) is 84.4 cm³/mol. The van der Waals surface area contributed by atoms with Gasteiger partial charge in [0, 0.05) is 35.4 Å². The maximum atomic E-state index is 11.1. The highest BCUT2D eigenvalue weighted by Gasteiger charge is 2.25. The molecule has 1 aromatic carbocycles. The maximum Gasteiger partial charge on any atom is 0.295 e. The largest absolute Gasteiger partial charge is 0.378 e. The van der Waals surface area contributed by atoms with Crippen LogP contribution in [0, 0.1) is 10.1 Å². The normalized spacial score (nSPS) is 11.6. The SMILES string of the molecule is CCC(CC)(CN)Nc1ccnc2c([N+](=O)[O-])cccc12. The van der Waals surface area contributed by atoms with Crippen molar-refractivity contribution in [2.75, 3.05) is 11.9 Å². The van der Waals surface area contributed by atoms with Crippen molar-refractivity contribution in [3.05, 3.63) is 40.6 Å². The lowest BCUT2D eigenvalue weighted by Gasteiger charge is -2.33. The summed E-state index contributed by atoms with van der Waals surface area (Å²) in [4.78, 5) is 14.9. The van der Waals surface area contributed by atoms with Crippen molar-refractivity contribution in [3.8, 4) is 0 Å². The Morgan fingerprint density at radius 2 is 2.05 bits per heavy atom. The van der Waals surface area contributed by atoms with Crippen LogP contribution in [0.25, 0.3) is 10.9 Å². The zero-order valence-corrected chi connectivity index (χ0v) is 12.3. The third-order valence-corrected chi connectivity index (χ3v) is 4.09. The first kappa shape index (κ1) is 15.2. The van der Waals surface area contributed by atoms with E-state index < -0.39 is 4.92 Å². The smallest absolute Gasteiger partial charge is 0.295 e. The molecule has 0 atom stereocenters. The van der Waals surface area contributed by atoms with Crippen LogP contribution in [0.15, 0.2) is 30.5 Å². The van der Waals surface area contributed by atoms with Crippen molar-refractivity contribution in [2.24, 2.45) is 5.73 Å². The van der Waals surface area contributed by atoms with Crippen LogP contribution >= 0.6 is 0 Å². The lowest BCUT2D eigenvalue weighted by molar-refractivity contribution is -0.383. The van der Waals surface area contributed by atoms with Crippen LogP contribution in [0.5, 0.6) is 0 Å². The number of nitro groups is 1. The highest BCUT2D eigenvalue weighted by molar-refractivity contribution is 5.96. The van der Waals surface area contributed by atoms with E-state index in [1.54, 1.807) is 12.3 Å². The van der Waals surface area contributed by atoms with Gasteiger partial charge in [-0.25, -0.2) is 4.98 Å². The van der Waals surface area contributed by atoms with E-state index in [4.69, 9.17) is 5.73 Å². The number of pyridine rings is 1. The van der Waals surface area contributed by atoms with Gasteiger partial charge in [0.15, 0.2) is 0 Å². The fourth-order valence-electron chi connectivity index (χ4n) is 2.47. The van der Waals surface area contributed by atoms with E-state index in [1.807, 2.05) is 12.1 Å². The number of aromatic nitrogens is 1. The monoisotopic (exact) mass is 288 g/mol. The zero-order valence-electron chi connectivity index (χ0n) is 12.3. The van der Waals surface area contributed by atoms with Gasteiger partial charge in [0.05, 0.1) is 4.92 Å². The number of nitrogens with two attached hydrogens (primary N) is 1. The number of rotatable bonds is 6. The summed E-state index contributed by atoms with van der Waals surface area (Å²) in [6.45, 7) is 4.66. The van der Waals surface area contributed by atoms with Gasteiger partial charge in [0.2, 0.25) is 0 Å². The number of para-hydroxylation sites is 1. The first-order valence-corrected chi connectivity index (χ1v) is 7.07. The van der Waals surface area contributed by atoms with Gasteiger partial charge in [-0.1, -0.05) is 26.0 Å². The molecule has 0 fully saturated rings. The average Bonchev–Trinajstić information content (AvgIpc) is 2.52. The van der Waals surface area contributed by atoms with Gasteiger partial charge < -0.3 is 11.1 Å². The molecule has 1 aromatic heterocycles. The lowest BCUT2D eigenvalue weighted by Crippen LogP contribution is -2.44. The summed E-state index contributed by atoms with van der Waals surface area (Å²) in [5, 5.41) is 15.3. The molecule has 0 amide bonds. The van der Waals surface area contributed by atoms with Crippen LogP contribution < -0.4 is 11.1 Å². The molecule has 6 nitrogen and oxygen atoms in total. The van der Waals surface area contributed by atoms with E-state index in [-0.39, 0.29) is 11.2 Å². The van der Waals surface area contributed by atoms with E-state index in [0.717, 1.165) is 23.9 Å². The molecule has 0 saturated heterocycles. The molecule has 21 heavy (non-hydrogen) atoms. The van der Waals surface area contributed by atoms with Crippen molar-refractivity contribution >= 4 is 22.3 Å². The summed E-state index contributed by atoms with van der Waals surface area (Å²) >= 11 is 0. The quantitative estimate of drug-likeness (QED) is 0.629. The van der Waals surface area contributed by atoms with Crippen molar-refractivity contribution in [1.29, 1.82) is 0 Å². The van der Waals surface area contributed by atoms with Gasteiger partial charge in [0.1, 0.15) is 5.52 Å². The number of hydrogen-bond acceptors (Lipinski definition) is 5. The molecule has 0 unspecified atom stereocenters. The van der Waals surface area contributed by atoms with Crippen LogP contribution in [0.3, 0.4) is 0 Å². The fraction of sp³-hybridized carbons (Fsp3) is 0.400. The lowest BCUT2D eigenvalue weighted by atomic mass is 9.92. The highest BCUT2D eigenvalue weighted by atomic mass is 16.6. The van der Waals surface area contributed by atoms with E-state index in [9.17, 15) is 10.1 Å². The van der Waals surface area contributed by atoms with Crippen LogP contribution in [0.4, 0.5) is 11.4 Å². The molecule has 0 aliphatic heterocycles. The molecule has 1 heterocycles. The number of benzene rings is 1. The number of nitrogens with one attached hydrogen (secondary N) is 1. The van der Waals surface area contributed by atoms with Crippen LogP contribution in [0.1, 0.15) is 26.7 Å². The second kappa shape index (κ2) is 6.05. The summed E-state index contributed by atoms with van der Waals surface area (Å²) in [6.07, 6.45) is 3.34. The molecule has 3 N–H and O–H groups in total. The molecule has 0 aliphatic carbocycles. The minimum Gasteiger partial charge on any atom is -0.378 e. The van der Waals surface area contributed by atoms with Gasteiger partial charge in [0.25, 0.3) is 5.69 Å². The van der Waals surface area contributed by atoms with Crippen LogP contribution in [-0.2, 0) is 0 Å². The molecule has 0 radical (unpaired) electrons. The minimum absolute atomic E-state index is 0.0162. The third kappa shape index (κ3) is 2.80. The van der Waals surface area contributed by atoms with Crippen molar-refractivity contribution < 1.29 is 4.92 Å². The van der Waals surface area contributed by atoms with Crippen LogP contribution in [0.2, 0.25) is 0 Å². The average molecular weight is 288 g/mol. The molecule has 0 aliphatic rings. The Balaban J connectivity index is 2.56. The summed E-state index contributed by atoms with van der Waals surface area (Å²) in [6, 6.07) is 6.82. The summed E-state index contributed by atoms with van der Waals surface area (Å²) in [5.74, 6) is 0. The van der Waals surface area contributed by atoms with Gasteiger partial charge in [-0.15, -0.1) is 0 Å². The van der Waals surface area contributed by atoms with Crippen molar-refractivity contribution in [2.45, 2.75) is 32.2 Å². The number of anilines is 1. The number of hydrogen-bond donors (Lipinski definition) is 2. The van der Waals surface area contributed by atoms with E-state index in [2.05, 4.69) is 24.1 Å². The summed E-state index contributed by atoms with van der Waals surface area (Å²) < 4.78 is 0. The number of nitro benzene ring substituents is 1. The molecule has 6 heteroatoms. The van der Waals surface area contributed by atoms with Gasteiger partial charge in [-0.3, -0.25) is 10.1 Å². The molecular weight excluding hydrogens is 268 g/mol. The minimum atomic E-state index is -0.408. The molecular formula is C15H20N4O2. The number of non-ortho nitro benzene ring substituents is 1. The second-order valence-corrected chi connectivity index (χ2v) is 5.11. The molecule has 0 spiro atoms. The predicted octanol–water partition coefficient (Wildman–Crippen LogP) is 3.07. The maximum absolute atomic E-state index is 11.1. The third-order valence-electron chi connectivity index (χ3n) is 4.09. The van der Waals surface area contributed by atoms with Gasteiger partial charge in [-0.05, 0) is 18.9 Å². The number of fused-ring (bicyclic) bond motifs is 1.